The van der Waals surface area contributed by atoms with Gasteiger partial charge in [-0.25, -0.2) is 14.6 Å². The minimum absolute atomic E-state index is 0.158. The second kappa shape index (κ2) is 18.8. The van der Waals surface area contributed by atoms with Gasteiger partial charge in [-0.2, -0.15) is 0 Å². The van der Waals surface area contributed by atoms with Gasteiger partial charge in [0.15, 0.2) is 0 Å². The highest BCUT2D eigenvalue weighted by atomic mass is 19.4. The highest BCUT2D eigenvalue weighted by molar-refractivity contribution is 5.91. The Morgan fingerprint density at radius 1 is 0.806 bits per heavy atom. The number of imidazole rings is 1. The van der Waals surface area contributed by atoms with Crippen LogP contribution in [0.5, 0.6) is 0 Å². The molecule has 4 aromatic rings. The number of rotatable bonds is 13. The van der Waals surface area contributed by atoms with Crippen LogP contribution in [0.2, 0.25) is 0 Å². The van der Waals surface area contributed by atoms with Crippen LogP contribution in [0.4, 0.5) is 22.8 Å². The molecule has 0 bridgehead atoms. The van der Waals surface area contributed by atoms with Crippen molar-refractivity contribution >= 4 is 57.1 Å². The third kappa shape index (κ3) is 10.1. The zero-order valence-corrected chi connectivity index (χ0v) is 35.9. The van der Waals surface area contributed by atoms with E-state index in [4.69, 9.17) is 14.5 Å². The van der Waals surface area contributed by atoms with Crippen LogP contribution in [-0.4, -0.2) is 94.5 Å². The van der Waals surface area contributed by atoms with Gasteiger partial charge in [0.2, 0.25) is 11.8 Å². The lowest BCUT2D eigenvalue weighted by atomic mass is 10.00. The van der Waals surface area contributed by atoms with Gasteiger partial charge in [0.05, 0.1) is 37.3 Å². The molecule has 2 fully saturated rings. The highest BCUT2D eigenvalue weighted by Crippen LogP contribution is 2.37. The predicted molar refractivity (Wildman–Crippen MR) is 228 cm³/mol. The largest absolute Gasteiger partial charge is 0.572 e. The molecule has 2 aliphatic heterocycles. The minimum atomic E-state index is -4.94. The Kier molecular flexibility index (Phi) is 13.7. The number of nitrogens with one attached hydrogen (secondary N) is 4. The van der Waals surface area contributed by atoms with E-state index in [1.54, 1.807) is 34.1 Å². The molecule has 4 amide bonds. The Labute approximate surface area is 357 Å². The molecule has 0 radical (unpaired) electrons. The van der Waals surface area contributed by atoms with E-state index < -0.39 is 36.7 Å². The van der Waals surface area contributed by atoms with Gasteiger partial charge in [0.25, 0.3) is 0 Å². The number of hydrogen-bond acceptors (Lipinski definition) is 8. The number of allylic oxidation sites excluding steroid dienone is 5. The first kappa shape index (κ1) is 45.3. The van der Waals surface area contributed by atoms with E-state index in [2.05, 4.69) is 31.9 Å². The maximum atomic E-state index is 13.7. The predicted octanol–water partition coefficient (Wildman–Crippen LogP) is 8.67. The molecule has 62 heavy (non-hydrogen) atoms. The van der Waals surface area contributed by atoms with Crippen LogP contribution in [0, 0.1) is 11.8 Å². The van der Waals surface area contributed by atoms with Crippen molar-refractivity contribution in [3.63, 3.8) is 0 Å². The molecule has 4 heterocycles. The molecule has 2 aromatic heterocycles. The van der Waals surface area contributed by atoms with Gasteiger partial charge < -0.3 is 44.6 Å². The molecule has 332 valence electrons. The summed E-state index contributed by atoms with van der Waals surface area (Å²) in [5.74, 6) is -0.691. The first-order valence-electron chi connectivity index (χ1n) is 20.7. The van der Waals surface area contributed by atoms with Crippen LogP contribution in [0.1, 0.15) is 95.0 Å². The summed E-state index contributed by atoms with van der Waals surface area (Å²) in [6.07, 6.45) is -0.296. The number of likely N-dealkylation sites (tertiary alicyclic amines) is 2. The average molecular weight is 862 g/mol. The molecule has 2 saturated heterocycles. The number of aromatic nitrogens is 3. The van der Waals surface area contributed by atoms with E-state index in [1.165, 1.54) is 27.2 Å². The van der Waals surface area contributed by atoms with Crippen molar-refractivity contribution in [2.75, 3.05) is 27.3 Å². The quantitative estimate of drug-likeness (QED) is 0.0764. The lowest BCUT2D eigenvalue weighted by Gasteiger charge is -2.30. The number of alkyl carbamates (subject to hydrolysis) is 2. The molecule has 14 nitrogen and oxygen atoms in total. The maximum absolute atomic E-state index is 13.7. The number of fused-ring (bicyclic) bond motifs is 2. The van der Waals surface area contributed by atoms with Crippen LogP contribution in [0.15, 0.2) is 67.0 Å². The molecule has 4 atom stereocenters. The van der Waals surface area contributed by atoms with Gasteiger partial charge in [-0.3, -0.25) is 9.59 Å². The van der Waals surface area contributed by atoms with Crippen molar-refractivity contribution in [1.82, 2.24) is 35.4 Å². The third-order valence-electron chi connectivity index (χ3n) is 11.5. The van der Waals surface area contributed by atoms with Crippen LogP contribution >= 0.6 is 0 Å². The maximum Gasteiger partial charge on any atom is 0.572 e. The second-order valence-corrected chi connectivity index (χ2v) is 16.4. The van der Waals surface area contributed by atoms with E-state index >= 15 is 0 Å². The molecular formula is C45H54F3N7O7. The second-order valence-electron chi connectivity index (χ2n) is 16.4. The number of H-pyrrole nitrogens is 2. The lowest BCUT2D eigenvalue weighted by Crippen LogP contribution is -2.51. The molecule has 0 saturated carbocycles. The summed E-state index contributed by atoms with van der Waals surface area (Å²) in [5, 5.41) is 6.16. The van der Waals surface area contributed by atoms with Crippen molar-refractivity contribution in [2.24, 2.45) is 11.8 Å². The number of carbonyl (C=O) groups is 4. The molecule has 2 aromatic carbocycles. The fourth-order valence-electron chi connectivity index (χ4n) is 8.24. The van der Waals surface area contributed by atoms with E-state index in [9.17, 15) is 32.3 Å². The van der Waals surface area contributed by atoms with E-state index in [0.717, 1.165) is 35.0 Å². The molecular weight excluding hydrogens is 808 g/mol. The Balaban J connectivity index is 1.24. The van der Waals surface area contributed by atoms with Crippen LogP contribution in [0.25, 0.3) is 33.1 Å². The van der Waals surface area contributed by atoms with Crippen LogP contribution in [0.3, 0.4) is 0 Å². The summed E-state index contributed by atoms with van der Waals surface area (Å²) in [5.41, 5.74) is 4.60. The number of benzene rings is 2. The number of aromatic amines is 2. The van der Waals surface area contributed by atoms with Gasteiger partial charge in [-0.05, 0) is 91.5 Å². The lowest BCUT2D eigenvalue weighted by molar-refractivity contribution is -0.304. The zero-order valence-electron chi connectivity index (χ0n) is 35.9. The molecule has 0 aliphatic carbocycles. The van der Waals surface area contributed by atoms with Crippen molar-refractivity contribution < 1.29 is 46.6 Å². The number of nitrogens with zero attached hydrogens (tertiary/aromatic N) is 3. The number of halogens is 3. The zero-order chi connectivity index (χ0) is 45.0. The number of amides is 4. The van der Waals surface area contributed by atoms with Crippen molar-refractivity contribution in [1.29, 1.82) is 0 Å². The van der Waals surface area contributed by atoms with Crippen molar-refractivity contribution in [3.05, 3.63) is 89.6 Å². The van der Waals surface area contributed by atoms with Crippen LogP contribution in [-0.2, 0) is 23.8 Å². The van der Waals surface area contributed by atoms with Gasteiger partial charge in [-0.15, -0.1) is 13.2 Å². The molecule has 0 spiro atoms. The Morgan fingerprint density at radius 3 is 1.97 bits per heavy atom. The Hall–Kier alpha value is -6.26. The summed E-state index contributed by atoms with van der Waals surface area (Å²) < 4.78 is 54.8. The molecule has 2 aliphatic rings. The first-order chi connectivity index (χ1) is 29.4. The summed E-state index contributed by atoms with van der Waals surface area (Å²) in [6, 6.07) is 10.5. The molecule has 4 N–H and O–H groups in total. The van der Waals surface area contributed by atoms with Gasteiger partial charge in [-0.1, -0.05) is 58.6 Å². The molecule has 17 heteroatoms. The summed E-state index contributed by atoms with van der Waals surface area (Å²) in [4.78, 5) is 66.4. The number of alkyl halides is 3. The van der Waals surface area contributed by atoms with E-state index in [0.29, 0.717) is 53.9 Å². The normalized spacial score (nSPS) is 18.4. The van der Waals surface area contributed by atoms with Gasteiger partial charge >= 0.3 is 18.5 Å². The minimum Gasteiger partial charge on any atom is -0.453 e. The first-order valence-corrected chi connectivity index (χ1v) is 20.7. The Morgan fingerprint density at radius 2 is 1.39 bits per heavy atom. The number of methoxy groups -OCH3 is 2. The van der Waals surface area contributed by atoms with Gasteiger partial charge in [0.1, 0.15) is 23.7 Å². The number of hydrogen-bond donors (Lipinski definition) is 4. The monoisotopic (exact) mass is 861 g/mol. The van der Waals surface area contributed by atoms with E-state index in [1.807, 2.05) is 52.0 Å². The van der Waals surface area contributed by atoms with Crippen molar-refractivity contribution in [2.45, 2.75) is 90.8 Å². The molecule has 4 unspecified atom stereocenters. The standard InChI is InChI=1S/C45H54F3N7O7/c1-24(2)38(52-43(58)60-7)41(56)54-19-9-11-36(54)35-23-30-21-28(14-17-32(30)49-35)26(5)13-16-31(27(6)62-45(46,47)48)29-15-18-33-34(22-29)51-40(50-33)37-12-10-20-55(37)42(57)39(25(3)4)53-44(59)61-8/h13-18,21-25,36-39,49H,5,9-12,19-20H2,1-4,6-8H3,(H,50,51)(H,52,58)(H,53,59)/b16-13-,31-27?. The summed E-state index contributed by atoms with van der Waals surface area (Å²) >= 11 is 0. The number of ether oxygens (including phenoxy) is 3. The highest BCUT2D eigenvalue weighted by Gasteiger charge is 2.39. The van der Waals surface area contributed by atoms with Crippen molar-refractivity contribution in [3.8, 4) is 0 Å². The smallest absolute Gasteiger partial charge is 0.453 e. The number of carbonyl (C=O) groups excluding carboxylic acids is 4. The SMILES string of the molecule is C=C(/C=C\C(=C(C)OC(F)(F)F)c1ccc2nc(C3CCCN3C(=O)C(NC(=O)OC)C(C)C)[nH]c2c1)c1ccc2[nH]c(C3CCCN3C(=O)C(NC(=O)OC)C(C)C)cc2c1. The summed E-state index contributed by atoms with van der Waals surface area (Å²) in [6.45, 7) is 13.8. The average Bonchev–Trinajstić information content (AvgIpc) is 4.05. The summed E-state index contributed by atoms with van der Waals surface area (Å²) in [7, 11) is 2.49. The van der Waals surface area contributed by atoms with Crippen LogP contribution < -0.4 is 10.6 Å². The fraction of sp³-hybridized carbons (Fsp3) is 0.444. The molecule has 6 rings (SSSR count). The third-order valence-corrected chi connectivity index (χ3v) is 11.5. The van der Waals surface area contributed by atoms with Gasteiger partial charge in [0, 0.05) is 35.3 Å². The fourth-order valence-corrected chi connectivity index (χ4v) is 8.24. The topological polar surface area (TPSA) is 171 Å². The Bertz CT molecular complexity index is 2400. The van der Waals surface area contributed by atoms with E-state index in [-0.39, 0.29) is 41.0 Å².